The first-order chi connectivity index (χ1) is 6.13. The lowest BCUT2D eigenvalue weighted by Crippen LogP contribution is -2.47. The molecule has 1 aliphatic rings. The number of hydrogen-bond acceptors (Lipinski definition) is 3. The Labute approximate surface area is 82.7 Å². The molecule has 78 valence electrons. The second-order valence-electron chi connectivity index (χ2n) is 3.74. The summed E-state index contributed by atoms with van der Waals surface area (Å²) >= 11 is 0. The standard InChI is InChI=1S/C9H19NO2S/c1-7(13(3)11)6-10-8-4-9(5-8)12-2/h7-10H,4-6H2,1-3H3. The lowest BCUT2D eigenvalue weighted by molar-refractivity contribution is 0.0177. The number of methoxy groups -OCH3 is 1. The van der Waals surface area contributed by atoms with Gasteiger partial charge in [-0.25, -0.2) is 0 Å². The molecule has 0 bridgehead atoms. The van der Waals surface area contributed by atoms with Crippen LogP contribution in [-0.4, -0.2) is 41.5 Å². The van der Waals surface area contributed by atoms with E-state index in [1.54, 1.807) is 13.4 Å². The SMILES string of the molecule is COC1CC(NCC(C)S(C)=O)C1. The first-order valence-electron chi connectivity index (χ1n) is 4.72. The van der Waals surface area contributed by atoms with Crippen molar-refractivity contribution in [1.29, 1.82) is 0 Å². The zero-order valence-electron chi connectivity index (χ0n) is 8.58. The molecule has 0 aromatic carbocycles. The van der Waals surface area contributed by atoms with Crippen molar-refractivity contribution in [2.24, 2.45) is 0 Å². The molecule has 1 rings (SSSR count). The molecule has 0 amide bonds. The average Bonchev–Trinajstić information content (AvgIpc) is 2.01. The quantitative estimate of drug-likeness (QED) is 0.711. The van der Waals surface area contributed by atoms with Gasteiger partial charge in [-0.1, -0.05) is 0 Å². The molecule has 0 spiro atoms. The van der Waals surface area contributed by atoms with Gasteiger partial charge in [-0.3, -0.25) is 4.21 Å². The van der Waals surface area contributed by atoms with Crippen LogP contribution in [0.1, 0.15) is 19.8 Å². The summed E-state index contributed by atoms with van der Waals surface area (Å²) < 4.78 is 16.2. The minimum Gasteiger partial charge on any atom is -0.381 e. The Morgan fingerprint density at radius 2 is 2.23 bits per heavy atom. The third-order valence-electron chi connectivity index (χ3n) is 2.69. The molecule has 1 N–H and O–H groups in total. The molecule has 1 aliphatic carbocycles. The maximum atomic E-state index is 11.0. The molecule has 1 saturated carbocycles. The van der Waals surface area contributed by atoms with Crippen molar-refractivity contribution in [3.05, 3.63) is 0 Å². The lowest BCUT2D eigenvalue weighted by atomic mass is 9.89. The van der Waals surface area contributed by atoms with Crippen LogP contribution in [0.2, 0.25) is 0 Å². The molecular formula is C9H19NO2S. The predicted octanol–water partition coefficient (Wildman–Crippen LogP) is 0.520. The minimum atomic E-state index is -0.709. The number of rotatable bonds is 5. The number of nitrogens with one attached hydrogen (secondary N) is 1. The van der Waals surface area contributed by atoms with Gasteiger partial charge < -0.3 is 10.1 Å². The van der Waals surface area contributed by atoms with Gasteiger partial charge in [0.15, 0.2) is 0 Å². The molecule has 2 unspecified atom stereocenters. The second-order valence-corrected chi connectivity index (χ2v) is 5.55. The van der Waals surface area contributed by atoms with E-state index in [9.17, 15) is 4.21 Å². The van der Waals surface area contributed by atoms with Gasteiger partial charge in [0.2, 0.25) is 0 Å². The van der Waals surface area contributed by atoms with Crippen molar-refractivity contribution in [2.75, 3.05) is 19.9 Å². The first-order valence-corrected chi connectivity index (χ1v) is 6.34. The zero-order valence-corrected chi connectivity index (χ0v) is 9.39. The monoisotopic (exact) mass is 205 g/mol. The van der Waals surface area contributed by atoms with Gasteiger partial charge in [0.25, 0.3) is 0 Å². The van der Waals surface area contributed by atoms with Crippen molar-refractivity contribution in [3.63, 3.8) is 0 Å². The minimum absolute atomic E-state index is 0.251. The third-order valence-corrected chi connectivity index (χ3v) is 3.99. The smallest absolute Gasteiger partial charge is 0.0601 e. The largest absolute Gasteiger partial charge is 0.381 e. The lowest BCUT2D eigenvalue weighted by Gasteiger charge is -2.35. The van der Waals surface area contributed by atoms with Crippen LogP contribution in [-0.2, 0) is 15.5 Å². The molecule has 0 saturated heterocycles. The van der Waals surface area contributed by atoms with E-state index in [0.717, 1.165) is 19.4 Å². The maximum absolute atomic E-state index is 11.0. The predicted molar refractivity (Wildman–Crippen MR) is 55.4 cm³/mol. The van der Waals surface area contributed by atoms with Crippen molar-refractivity contribution in [1.82, 2.24) is 5.32 Å². The number of ether oxygens (including phenoxy) is 1. The Morgan fingerprint density at radius 1 is 1.62 bits per heavy atom. The normalized spacial score (nSPS) is 32.2. The van der Waals surface area contributed by atoms with E-state index in [1.807, 2.05) is 6.92 Å². The van der Waals surface area contributed by atoms with E-state index in [1.165, 1.54) is 0 Å². The molecule has 13 heavy (non-hydrogen) atoms. The van der Waals surface area contributed by atoms with Gasteiger partial charge in [0.05, 0.1) is 6.10 Å². The highest BCUT2D eigenvalue weighted by Gasteiger charge is 2.28. The van der Waals surface area contributed by atoms with Crippen LogP contribution in [0.5, 0.6) is 0 Å². The van der Waals surface area contributed by atoms with Gasteiger partial charge in [0.1, 0.15) is 0 Å². The third kappa shape index (κ3) is 3.37. The average molecular weight is 205 g/mol. The first kappa shape index (κ1) is 11.1. The summed E-state index contributed by atoms with van der Waals surface area (Å²) in [6.45, 7) is 2.86. The van der Waals surface area contributed by atoms with Crippen molar-refractivity contribution in [2.45, 2.75) is 37.2 Å². The molecule has 0 aliphatic heterocycles. The Bertz CT molecular complexity index is 180. The summed E-state index contributed by atoms with van der Waals surface area (Å²) in [7, 11) is 1.05. The molecule has 0 radical (unpaired) electrons. The Hall–Kier alpha value is 0.0700. The molecule has 0 heterocycles. The highest BCUT2D eigenvalue weighted by Crippen LogP contribution is 2.22. The van der Waals surface area contributed by atoms with Crippen molar-refractivity contribution >= 4 is 10.8 Å². The fraction of sp³-hybridized carbons (Fsp3) is 1.00. The van der Waals surface area contributed by atoms with E-state index in [0.29, 0.717) is 12.1 Å². The van der Waals surface area contributed by atoms with E-state index in [2.05, 4.69) is 5.32 Å². The van der Waals surface area contributed by atoms with Crippen LogP contribution in [0.15, 0.2) is 0 Å². The van der Waals surface area contributed by atoms with Crippen LogP contribution in [0.3, 0.4) is 0 Å². The summed E-state index contributed by atoms with van der Waals surface area (Å²) in [4.78, 5) is 0. The Morgan fingerprint density at radius 3 is 2.69 bits per heavy atom. The highest BCUT2D eigenvalue weighted by molar-refractivity contribution is 7.84. The van der Waals surface area contributed by atoms with Gasteiger partial charge in [0, 0.05) is 42.0 Å². The second kappa shape index (κ2) is 5.08. The zero-order chi connectivity index (χ0) is 9.84. The Balaban J connectivity index is 2.05. The van der Waals surface area contributed by atoms with Crippen LogP contribution < -0.4 is 5.32 Å². The molecule has 4 heteroatoms. The van der Waals surface area contributed by atoms with Gasteiger partial charge in [-0.2, -0.15) is 0 Å². The molecule has 1 fully saturated rings. The van der Waals surface area contributed by atoms with E-state index >= 15 is 0 Å². The van der Waals surface area contributed by atoms with Crippen molar-refractivity contribution < 1.29 is 8.95 Å². The highest BCUT2D eigenvalue weighted by atomic mass is 32.2. The van der Waals surface area contributed by atoms with E-state index < -0.39 is 10.8 Å². The summed E-state index contributed by atoms with van der Waals surface area (Å²) in [5, 5.41) is 3.64. The molecule has 2 atom stereocenters. The number of hydrogen-bond donors (Lipinski definition) is 1. The molecule has 0 aromatic heterocycles. The Kier molecular flexibility index (Phi) is 4.35. The summed E-state index contributed by atoms with van der Waals surface area (Å²) in [6.07, 6.45) is 4.39. The molecular weight excluding hydrogens is 186 g/mol. The molecule has 3 nitrogen and oxygen atoms in total. The van der Waals surface area contributed by atoms with Crippen LogP contribution in [0.4, 0.5) is 0 Å². The van der Waals surface area contributed by atoms with Gasteiger partial charge in [-0.15, -0.1) is 0 Å². The topological polar surface area (TPSA) is 38.3 Å². The van der Waals surface area contributed by atoms with E-state index in [-0.39, 0.29) is 5.25 Å². The van der Waals surface area contributed by atoms with Crippen LogP contribution >= 0.6 is 0 Å². The van der Waals surface area contributed by atoms with Gasteiger partial charge in [-0.05, 0) is 19.8 Å². The van der Waals surface area contributed by atoms with Crippen LogP contribution in [0, 0.1) is 0 Å². The summed E-state index contributed by atoms with van der Waals surface area (Å²) in [5.41, 5.74) is 0. The van der Waals surface area contributed by atoms with Crippen molar-refractivity contribution in [3.8, 4) is 0 Å². The fourth-order valence-corrected chi connectivity index (χ4v) is 1.71. The van der Waals surface area contributed by atoms with E-state index in [4.69, 9.17) is 4.74 Å². The molecule has 0 aromatic rings. The summed E-state index contributed by atoms with van der Waals surface area (Å²) in [6, 6.07) is 0.580. The van der Waals surface area contributed by atoms with Crippen LogP contribution in [0.25, 0.3) is 0 Å². The fourth-order valence-electron chi connectivity index (χ4n) is 1.37. The summed E-state index contributed by atoms with van der Waals surface area (Å²) in [5.74, 6) is 0. The van der Waals surface area contributed by atoms with Gasteiger partial charge >= 0.3 is 0 Å². The maximum Gasteiger partial charge on any atom is 0.0601 e.